The Bertz CT molecular complexity index is 1030. The third kappa shape index (κ3) is 4.22. The van der Waals surface area contributed by atoms with Crippen molar-refractivity contribution in [1.29, 1.82) is 0 Å². The second-order valence-electron chi connectivity index (χ2n) is 7.55. The minimum atomic E-state index is -0.283. The molecule has 6 heteroatoms. The molecule has 1 fully saturated rings. The van der Waals surface area contributed by atoms with Gasteiger partial charge < -0.3 is 19.5 Å². The lowest BCUT2D eigenvalue weighted by Gasteiger charge is -2.24. The van der Waals surface area contributed by atoms with Gasteiger partial charge >= 0.3 is 0 Å². The van der Waals surface area contributed by atoms with Crippen LogP contribution >= 0.6 is 0 Å². The molecule has 4 rings (SSSR count). The number of likely N-dealkylation sites (N-methyl/N-ethyl adjacent to an activating group) is 1. The second-order valence-corrected chi connectivity index (χ2v) is 7.55. The highest BCUT2D eigenvalue weighted by molar-refractivity contribution is 6.02. The molecule has 1 N–H and O–H groups in total. The topological polar surface area (TPSA) is 65.8 Å². The minimum absolute atomic E-state index is 0.0910. The Balaban J connectivity index is 1.38. The first kappa shape index (κ1) is 19.8. The number of furan rings is 1. The smallest absolute Gasteiger partial charge is 0.291 e. The van der Waals surface area contributed by atoms with Crippen LogP contribution in [-0.2, 0) is 4.79 Å². The Kier molecular flexibility index (Phi) is 5.57. The van der Waals surface area contributed by atoms with Gasteiger partial charge in [-0.15, -0.1) is 0 Å². The minimum Gasteiger partial charge on any atom is -0.451 e. The van der Waals surface area contributed by atoms with Crippen LogP contribution in [0.3, 0.4) is 0 Å². The van der Waals surface area contributed by atoms with E-state index in [1.807, 2.05) is 66.5 Å². The van der Waals surface area contributed by atoms with E-state index < -0.39 is 0 Å². The molecule has 154 valence electrons. The first-order chi connectivity index (χ1) is 14.5. The Morgan fingerprint density at radius 2 is 1.77 bits per heavy atom. The van der Waals surface area contributed by atoms with Crippen LogP contribution in [0.5, 0.6) is 0 Å². The van der Waals surface area contributed by atoms with Crippen molar-refractivity contribution >= 4 is 23.2 Å². The number of nitrogens with one attached hydrogen (secondary N) is 1. The van der Waals surface area contributed by atoms with Crippen LogP contribution in [0.15, 0.2) is 71.1 Å². The Morgan fingerprint density at radius 1 is 1.03 bits per heavy atom. The maximum Gasteiger partial charge on any atom is 0.291 e. The van der Waals surface area contributed by atoms with Crippen LogP contribution in [0.2, 0.25) is 0 Å². The average Bonchev–Trinajstić information content (AvgIpc) is 3.45. The van der Waals surface area contributed by atoms with E-state index in [9.17, 15) is 9.59 Å². The summed E-state index contributed by atoms with van der Waals surface area (Å²) in [5.74, 6) is 0.741. The SMILES string of the molecule is CC(=O)N(C)C1CCN(c2ccc(NC(=O)c3ccc(-c4ccccc4)o3)cc2)C1. The van der Waals surface area contributed by atoms with Gasteiger partial charge in [0.05, 0.1) is 6.04 Å². The number of carbonyl (C=O) groups excluding carboxylic acids is 2. The van der Waals surface area contributed by atoms with Crippen molar-refractivity contribution in [2.75, 3.05) is 30.4 Å². The van der Waals surface area contributed by atoms with Crippen molar-refractivity contribution in [3.8, 4) is 11.3 Å². The van der Waals surface area contributed by atoms with Crippen molar-refractivity contribution in [1.82, 2.24) is 4.90 Å². The molecular formula is C24H25N3O3. The zero-order valence-electron chi connectivity index (χ0n) is 17.2. The Labute approximate surface area is 176 Å². The molecule has 30 heavy (non-hydrogen) atoms. The summed E-state index contributed by atoms with van der Waals surface area (Å²) in [6, 6.07) is 21.1. The van der Waals surface area contributed by atoms with Gasteiger partial charge in [0.25, 0.3) is 5.91 Å². The molecule has 0 saturated carbocycles. The average molecular weight is 403 g/mol. The summed E-state index contributed by atoms with van der Waals surface area (Å²) in [4.78, 5) is 28.2. The fourth-order valence-electron chi connectivity index (χ4n) is 3.72. The maximum absolute atomic E-state index is 12.5. The van der Waals surface area contributed by atoms with Crippen LogP contribution in [0.1, 0.15) is 23.9 Å². The van der Waals surface area contributed by atoms with Gasteiger partial charge in [0.1, 0.15) is 5.76 Å². The molecule has 2 amide bonds. The van der Waals surface area contributed by atoms with Gasteiger partial charge in [0, 0.05) is 44.0 Å². The molecule has 2 heterocycles. The molecule has 1 aliphatic heterocycles. The van der Waals surface area contributed by atoms with E-state index >= 15 is 0 Å². The molecule has 1 aliphatic rings. The standard InChI is InChI=1S/C24H25N3O3/c1-17(28)26(2)21-14-15-27(16-21)20-10-8-19(9-11-20)25-24(29)23-13-12-22(30-23)18-6-4-3-5-7-18/h3-13,21H,14-16H2,1-2H3,(H,25,29). The van der Waals surface area contributed by atoms with Crippen molar-refractivity contribution in [3.63, 3.8) is 0 Å². The van der Waals surface area contributed by atoms with Crippen molar-refractivity contribution < 1.29 is 14.0 Å². The third-order valence-electron chi connectivity index (χ3n) is 5.59. The fourth-order valence-corrected chi connectivity index (χ4v) is 3.72. The van der Waals surface area contributed by atoms with E-state index in [2.05, 4.69) is 10.2 Å². The molecular weight excluding hydrogens is 378 g/mol. The van der Waals surface area contributed by atoms with Crippen LogP contribution in [-0.4, -0.2) is 42.9 Å². The maximum atomic E-state index is 12.5. The summed E-state index contributed by atoms with van der Waals surface area (Å²) in [6.45, 7) is 3.32. The van der Waals surface area contributed by atoms with Crippen molar-refractivity contribution in [3.05, 3.63) is 72.5 Å². The third-order valence-corrected chi connectivity index (χ3v) is 5.59. The summed E-state index contributed by atoms with van der Waals surface area (Å²) in [7, 11) is 1.85. The summed E-state index contributed by atoms with van der Waals surface area (Å²) in [5.41, 5.74) is 2.72. The van der Waals surface area contributed by atoms with Crippen molar-refractivity contribution in [2.24, 2.45) is 0 Å². The number of carbonyl (C=O) groups is 2. The highest BCUT2D eigenvalue weighted by Gasteiger charge is 2.27. The van der Waals surface area contributed by atoms with Gasteiger partial charge in [-0.3, -0.25) is 9.59 Å². The van der Waals surface area contributed by atoms with Crippen LogP contribution in [0.25, 0.3) is 11.3 Å². The molecule has 0 spiro atoms. The lowest BCUT2D eigenvalue weighted by Crippen LogP contribution is -2.37. The largest absolute Gasteiger partial charge is 0.451 e. The lowest BCUT2D eigenvalue weighted by molar-refractivity contribution is -0.129. The zero-order valence-corrected chi connectivity index (χ0v) is 17.2. The molecule has 0 radical (unpaired) electrons. The molecule has 0 bridgehead atoms. The quantitative estimate of drug-likeness (QED) is 0.691. The zero-order chi connectivity index (χ0) is 21.1. The second kappa shape index (κ2) is 8.45. The molecule has 1 aromatic heterocycles. The summed E-state index contributed by atoms with van der Waals surface area (Å²) >= 11 is 0. The van der Waals surface area contributed by atoms with E-state index in [1.165, 1.54) is 0 Å². The number of hydrogen-bond donors (Lipinski definition) is 1. The van der Waals surface area contributed by atoms with E-state index in [1.54, 1.807) is 19.1 Å². The number of amides is 2. The Hall–Kier alpha value is -3.54. The van der Waals surface area contributed by atoms with E-state index in [0.29, 0.717) is 11.4 Å². The van der Waals surface area contributed by atoms with Gasteiger partial charge in [-0.25, -0.2) is 0 Å². The van der Waals surface area contributed by atoms with E-state index in [4.69, 9.17) is 4.42 Å². The molecule has 6 nitrogen and oxygen atoms in total. The van der Waals surface area contributed by atoms with Crippen LogP contribution in [0, 0.1) is 0 Å². The first-order valence-corrected chi connectivity index (χ1v) is 10.1. The number of nitrogens with zero attached hydrogens (tertiary/aromatic N) is 2. The molecule has 2 aromatic carbocycles. The van der Waals surface area contributed by atoms with Gasteiger partial charge in [-0.1, -0.05) is 30.3 Å². The molecule has 1 atom stereocenters. The highest BCUT2D eigenvalue weighted by Crippen LogP contribution is 2.25. The number of rotatable bonds is 5. The number of benzene rings is 2. The van der Waals surface area contributed by atoms with Gasteiger partial charge in [0.2, 0.25) is 5.91 Å². The molecule has 0 aliphatic carbocycles. The van der Waals surface area contributed by atoms with E-state index in [-0.39, 0.29) is 23.6 Å². The van der Waals surface area contributed by atoms with E-state index in [0.717, 1.165) is 30.8 Å². The molecule has 1 saturated heterocycles. The predicted octanol–water partition coefficient (Wildman–Crippen LogP) is 4.26. The van der Waals surface area contributed by atoms with Gasteiger partial charge in [-0.05, 0) is 42.8 Å². The first-order valence-electron chi connectivity index (χ1n) is 10.1. The monoisotopic (exact) mass is 403 g/mol. The summed E-state index contributed by atoms with van der Waals surface area (Å²) < 4.78 is 5.71. The van der Waals surface area contributed by atoms with Crippen molar-refractivity contribution in [2.45, 2.75) is 19.4 Å². The highest BCUT2D eigenvalue weighted by atomic mass is 16.3. The van der Waals surface area contributed by atoms with Gasteiger partial charge in [0.15, 0.2) is 5.76 Å². The molecule has 3 aromatic rings. The number of hydrogen-bond acceptors (Lipinski definition) is 4. The summed E-state index contributed by atoms with van der Waals surface area (Å²) in [5, 5.41) is 2.88. The Morgan fingerprint density at radius 3 is 2.47 bits per heavy atom. The van der Waals surface area contributed by atoms with Crippen LogP contribution in [0.4, 0.5) is 11.4 Å². The number of anilines is 2. The van der Waals surface area contributed by atoms with Gasteiger partial charge in [-0.2, -0.15) is 0 Å². The molecule has 1 unspecified atom stereocenters. The lowest BCUT2D eigenvalue weighted by atomic mass is 10.2. The predicted molar refractivity (Wildman–Crippen MR) is 118 cm³/mol. The van der Waals surface area contributed by atoms with Crippen LogP contribution < -0.4 is 10.2 Å². The normalized spacial score (nSPS) is 15.8. The fraction of sp³-hybridized carbons (Fsp3) is 0.250. The summed E-state index contributed by atoms with van der Waals surface area (Å²) in [6.07, 6.45) is 0.955.